The van der Waals surface area contributed by atoms with Gasteiger partial charge in [-0.05, 0) is 36.6 Å². The van der Waals surface area contributed by atoms with Crippen LogP contribution in [0.25, 0.3) is 6.08 Å². The Hall–Kier alpha value is -2.62. The van der Waals surface area contributed by atoms with E-state index in [1.54, 1.807) is 24.5 Å². The molecule has 21 heavy (non-hydrogen) atoms. The summed E-state index contributed by atoms with van der Waals surface area (Å²) in [4.78, 5) is 15.6. The van der Waals surface area contributed by atoms with E-state index in [0.717, 1.165) is 16.7 Å². The summed E-state index contributed by atoms with van der Waals surface area (Å²) in [5, 5.41) is 12.7. The molecule has 4 heteroatoms. The third-order valence-electron chi connectivity index (χ3n) is 3.78. The zero-order valence-electron chi connectivity index (χ0n) is 11.9. The molecular weight excluding hydrogens is 264 g/mol. The highest BCUT2D eigenvalue weighted by Gasteiger charge is 2.29. The maximum absolute atomic E-state index is 11.4. The molecule has 1 unspecified atom stereocenters. The van der Waals surface area contributed by atoms with Gasteiger partial charge in [0.2, 0.25) is 0 Å². The lowest BCUT2D eigenvalue weighted by Crippen LogP contribution is -2.33. The Morgan fingerprint density at radius 1 is 1.33 bits per heavy atom. The maximum atomic E-state index is 11.4. The SMILES string of the molecule is Cc1cncc(C2(C)C=Cc3cccc(C(=O)O)c3N2)c1. The molecule has 0 fully saturated rings. The first kappa shape index (κ1) is 13.4. The average molecular weight is 280 g/mol. The van der Waals surface area contributed by atoms with E-state index in [1.165, 1.54) is 0 Å². The number of aromatic carboxylic acids is 1. The fourth-order valence-corrected chi connectivity index (χ4v) is 2.59. The summed E-state index contributed by atoms with van der Waals surface area (Å²) in [5.41, 5.74) is 3.41. The lowest BCUT2D eigenvalue weighted by atomic mass is 9.87. The summed E-state index contributed by atoms with van der Waals surface area (Å²) < 4.78 is 0. The van der Waals surface area contributed by atoms with Gasteiger partial charge in [0.1, 0.15) is 0 Å². The Kier molecular flexibility index (Phi) is 3.01. The molecule has 3 rings (SSSR count). The van der Waals surface area contributed by atoms with Crippen molar-refractivity contribution in [2.45, 2.75) is 19.4 Å². The normalized spacial score (nSPS) is 19.7. The van der Waals surface area contributed by atoms with Gasteiger partial charge in [-0.1, -0.05) is 30.4 Å². The first-order chi connectivity index (χ1) is 9.99. The van der Waals surface area contributed by atoms with Gasteiger partial charge in [-0.3, -0.25) is 4.98 Å². The van der Waals surface area contributed by atoms with Gasteiger partial charge in [0, 0.05) is 12.4 Å². The quantitative estimate of drug-likeness (QED) is 0.884. The van der Waals surface area contributed by atoms with Crippen molar-refractivity contribution in [3.05, 3.63) is 65.0 Å². The van der Waals surface area contributed by atoms with Crippen molar-refractivity contribution >= 4 is 17.7 Å². The molecule has 0 saturated heterocycles. The zero-order chi connectivity index (χ0) is 15.0. The van der Waals surface area contributed by atoms with Crippen LogP contribution < -0.4 is 5.32 Å². The van der Waals surface area contributed by atoms with Crippen LogP contribution in [0.3, 0.4) is 0 Å². The molecule has 1 aliphatic heterocycles. The number of fused-ring (bicyclic) bond motifs is 1. The van der Waals surface area contributed by atoms with Crippen LogP contribution in [-0.4, -0.2) is 16.1 Å². The number of aromatic nitrogens is 1. The largest absolute Gasteiger partial charge is 0.478 e. The van der Waals surface area contributed by atoms with E-state index in [4.69, 9.17) is 0 Å². The van der Waals surface area contributed by atoms with E-state index in [1.807, 2.05) is 32.1 Å². The molecule has 1 aromatic carbocycles. The van der Waals surface area contributed by atoms with Crippen molar-refractivity contribution in [3.8, 4) is 0 Å². The first-order valence-electron chi connectivity index (χ1n) is 6.75. The summed E-state index contributed by atoms with van der Waals surface area (Å²) in [7, 11) is 0. The molecule has 1 aliphatic rings. The van der Waals surface area contributed by atoms with Crippen molar-refractivity contribution in [3.63, 3.8) is 0 Å². The number of rotatable bonds is 2. The number of hydrogen-bond donors (Lipinski definition) is 2. The van der Waals surface area contributed by atoms with Gasteiger partial charge in [-0.2, -0.15) is 0 Å². The minimum atomic E-state index is -0.931. The molecule has 0 aliphatic carbocycles. The van der Waals surface area contributed by atoms with Crippen LogP contribution in [0.5, 0.6) is 0 Å². The number of anilines is 1. The third kappa shape index (κ3) is 2.29. The van der Waals surface area contributed by atoms with Crippen LogP contribution in [-0.2, 0) is 5.54 Å². The van der Waals surface area contributed by atoms with Gasteiger partial charge in [0.25, 0.3) is 0 Å². The van der Waals surface area contributed by atoms with Gasteiger partial charge in [-0.15, -0.1) is 0 Å². The lowest BCUT2D eigenvalue weighted by Gasteiger charge is -2.34. The molecule has 1 atom stereocenters. The molecule has 2 heterocycles. The molecule has 106 valence electrons. The lowest BCUT2D eigenvalue weighted by molar-refractivity contribution is 0.0698. The number of aryl methyl sites for hydroxylation is 1. The van der Waals surface area contributed by atoms with Crippen molar-refractivity contribution in [2.75, 3.05) is 5.32 Å². The van der Waals surface area contributed by atoms with E-state index in [9.17, 15) is 9.90 Å². The minimum Gasteiger partial charge on any atom is -0.478 e. The number of benzene rings is 1. The number of carboxylic acids is 1. The second kappa shape index (κ2) is 4.74. The number of carbonyl (C=O) groups is 1. The molecule has 0 spiro atoms. The van der Waals surface area contributed by atoms with Crippen molar-refractivity contribution in [1.29, 1.82) is 0 Å². The van der Waals surface area contributed by atoms with Crippen LogP contribution in [0.4, 0.5) is 5.69 Å². The number of pyridine rings is 1. The number of nitrogens with one attached hydrogen (secondary N) is 1. The molecular formula is C17H16N2O2. The number of para-hydroxylation sites is 1. The summed E-state index contributed by atoms with van der Waals surface area (Å²) in [6.45, 7) is 4.00. The zero-order valence-corrected chi connectivity index (χ0v) is 11.9. The van der Waals surface area contributed by atoms with Crippen LogP contribution in [0.15, 0.2) is 42.7 Å². The molecule has 0 saturated carbocycles. The fraction of sp³-hybridized carbons (Fsp3) is 0.176. The summed E-state index contributed by atoms with van der Waals surface area (Å²) >= 11 is 0. The first-order valence-corrected chi connectivity index (χ1v) is 6.75. The van der Waals surface area contributed by atoms with Crippen LogP contribution in [0.1, 0.15) is 34.0 Å². The van der Waals surface area contributed by atoms with Crippen molar-refractivity contribution in [1.82, 2.24) is 4.98 Å². The third-order valence-corrected chi connectivity index (χ3v) is 3.78. The summed E-state index contributed by atoms with van der Waals surface area (Å²) in [5.74, 6) is -0.931. The average Bonchev–Trinajstić information content (AvgIpc) is 2.46. The molecule has 0 amide bonds. The number of nitrogens with zero attached hydrogens (tertiary/aromatic N) is 1. The molecule has 1 aromatic heterocycles. The number of carboxylic acid groups (broad SMARTS) is 1. The minimum absolute atomic E-state index is 0.281. The van der Waals surface area contributed by atoms with E-state index < -0.39 is 11.5 Å². The van der Waals surface area contributed by atoms with E-state index in [2.05, 4.69) is 16.4 Å². The van der Waals surface area contributed by atoms with Crippen LogP contribution >= 0.6 is 0 Å². The highest BCUT2D eigenvalue weighted by molar-refractivity contribution is 5.97. The van der Waals surface area contributed by atoms with E-state index >= 15 is 0 Å². The standard InChI is InChI=1S/C17H16N2O2/c1-11-8-13(10-18-9-11)17(2)7-6-12-4-3-5-14(16(20)21)15(12)19-17/h3-10,19H,1-2H3,(H,20,21). The molecule has 0 radical (unpaired) electrons. The van der Waals surface area contributed by atoms with Crippen LogP contribution in [0, 0.1) is 6.92 Å². The van der Waals surface area contributed by atoms with Crippen LogP contribution in [0.2, 0.25) is 0 Å². The predicted molar refractivity (Wildman–Crippen MR) is 82.4 cm³/mol. The van der Waals surface area contributed by atoms with Gasteiger partial charge in [0.15, 0.2) is 0 Å². The van der Waals surface area contributed by atoms with Crippen molar-refractivity contribution in [2.24, 2.45) is 0 Å². The molecule has 0 bridgehead atoms. The Morgan fingerprint density at radius 3 is 2.86 bits per heavy atom. The maximum Gasteiger partial charge on any atom is 0.337 e. The van der Waals surface area contributed by atoms with Gasteiger partial charge in [0.05, 0.1) is 16.8 Å². The second-order valence-corrected chi connectivity index (χ2v) is 5.49. The van der Waals surface area contributed by atoms with Gasteiger partial charge < -0.3 is 10.4 Å². The van der Waals surface area contributed by atoms with E-state index in [-0.39, 0.29) is 5.56 Å². The summed E-state index contributed by atoms with van der Waals surface area (Å²) in [6, 6.07) is 7.32. The van der Waals surface area contributed by atoms with Crippen molar-refractivity contribution < 1.29 is 9.90 Å². The molecule has 2 N–H and O–H groups in total. The number of hydrogen-bond acceptors (Lipinski definition) is 3. The monoisotopic (exact) mass is 280 g/mol. The molecule has 2 aromatic rings. The topological polar surface area (TPSA) is 62.2 Å². The van der Waals surface area contributed by atoms with Gasteiger partial charge >= 0.3 is 5.97 Å². The highest BCUT2D eigenvalue weighted by atomic mass is 16.4. The van der Waals surface area contributed by atoms with E-state index in [0.29, 0.717) is 5.69 Å². The molecule has 4 nitrogen and oxygen atoms in total. The highest BCUT2D eigenvalue weighted by Crippen LogP contribution is 2.36. The summed E-state index contributed by atoms with van der Waals surface area (Å²) in [6.07, 6.45) is 7.60. The smallest absolute Gasteiger partial charge is 0.337 e. The second-order valence-electron chi connectivity index (χ2n) is 5.49. The Bertz CT molecular complexity index is 752. The Balaban J connectivity index is 2.10. The Morgan fingerprint density at radius 2 is 2.14 bits per heavy atom. The fourth-order valence-electron chi connectivity index (χ4n) is 2.59. The predicted octanol–water partition coefficient (Wildman–Crippen LogP) is 3.44. The Labute approximate surface area is 123 Å². The van der Waals surface area contributed by atoms with Gasteiger partial charge in [-0.25, -0.2) is 4.79 Å².